The maximum atomic E-state index is 12.4. The number of aliphatic hydroxyl groups is 1. The number of para-hydroxylation sites is 1. The van der Waals surface area contributed by atoms with Crippen molar-refractivity contribution in [1.82, 2.24) is 4.90 Å². The molecule has 2 aromatic rings. The zero-order valence-electron chi connectivity index (χ0n) is 11.7. The van der Waals surface area contributed by atoms with Crippen LogP contribution in [-0.4, -0.2) is 50.8 Å². The lowest BCUT2D eigenvalue weighted by Crippen LogP contribution is -2.30. The fourth-order valence-corrected chi connectivity index (χ4v) is 2.42. The van der Waals surface area contributed by atoms with Crippen LogP contribution in [0.25, 0.3) is 11.0 Å². The maximum Gasteiger partial charge on any atom is 0.259 e. The van der Waals surface area contributed by atoms with Crippen LogP contribution in [0.5, 0.6) is 0 Å². The fraction of sp³-hybridized carbons (Fsp3) is 0.308. The van der Waals surface area contributed by atoms with E-state index in [0.717, 1.165) is 6.26 Å². The van der Waals surface area contributed by atoms with Gasteiger partial charge in [0.2, 0.25) is 15.9 Å². The molecule has 0 spiro atoms. The number of carbonyl (C=O) groups is 1. The normalized spacial score (nSPS) is 11.6. The third kappa shape index (κ3) is 3.34. The van der Waals surface area contributed by atoms with E-state index in [-0.39, 0.29) is 24.6 Å². The molecule has 2 rings (SSSR count). The molecule has 0 saturated heterocycles. The van der Waals surface area contributed by atoms with Gasteiger partial charge < -0.3 is 14.4 Å². The first-order chi connectivity index (χ1) is 9.83. The number of nitrogens with zero attached hydrogens (tertiary/aromatic N) is 1. The van der Waals surface area contributed by atoms with Crippen molar-refractivity contribution in [3.8, 4) is 0 Å². The second-order valence-corrected chi connectivity index (χ2v) is 6.38. The third-order valence-electron chi connectivity index (χ3n) is 2.87. The van der Waals surface area contributed by atoms with E-state index in [0.29, 0.717) is 11.0 Å². The summed E-state index contributed by atoms with van der Waals surface area (Å²) in [5.41, 5.74) is 0.538. The van der Waals surface area contributed by atoms with Crippen molar-refractivity contribution < 1.29 is 22.7 Å². The number of carbonyl (C=O) groups excluding carboxylic acids is 1. The van der Waals surface area contributed by atoms with Crippen molar-refractivity contribution in [3.05, 3.63) is 29.8 Å². The molecule has 1 aromatic heterocycles. The van der Waals surface area contributed by atoms with Gasteiger partial charge in [0, 0.05) is 19.0 Å². The van der Waals surface area contributed by atoms with Gasteiger partial charge in [0.05, 0.1) is 12.9 Å². The second-order valence-electron chi connectivity index (χ2n) is 4.63. The Kier molecular flexibility index (Phi) is 4.19. The zero-order valence-corrected chi connectivity index (χ0v) is 12.5. The van der Waals surface area contributed by atoms with E-state index >= 15 is 0 Å². The molecule has 0 atom stereocenters. The van der Waals surface area contributed by atoms with Crippen molar-refractivity contribution in [2.24, 2.45) is 0 Å². The van der Waals surface area contributed by atoms with E-state index < -0.39 is 15.9 Å². The SMILES string of the molecule is CN(CCO)C(=O)c1c(NS(C)(=O)=O)oc2ccccc12. The number of hydrogen-bond acceptors (Lipinski definition) is 5. The van der Waals surface area contributed by atoms with Gasteiger partial charge in [-0.3, -0.25) is 9.52 Å². The molecule has 114 valence electrons. The number of anilines is 1. The smallest absolute Gasteiger partial charge is 0.259 e. The van der Waals surface area contributed by atoms with Gasteiger partial charge in [-0.25, -0.2) is 8.42 Å². The number of aliphatic hydroxyl groups excluding tert-OH is 1. The highest BCUT2D eigenvalue weighted by atomic mass is 32.2. The van der Waals surface area contributed by atoms with E-state index in [9.17, 15) is 13.2 Å². The van der Waals surface area contributed by atoms with E-state index in [1.807, 2.05) is 0 Å². The summed E-state index contributed by atoms with van der Waals surface area (Å²) in [5, 5.41) is 9.44. The van der Waals surface area contributed by atoms with Gasteiger partial charge >= 0.3 is 0 Å². The Morgan fingerprint density at radius 1 is 1.38 bits per heavy atom. The average molecular weight is 312 g/mol. The number of amides is 1. The first-order valence-corrected chi connectivity index (χ1v) is 8.08. The summed E-state index contributed by atoms with van der Waals surface area (Å²) < 4.78 is 30.5. The topological polar surface area (TPSA) is 99.9 Å². The molecule has 2 N–H and O–H groups in total. The van der Waals surface area contributed by atoms with Gasteiger partial charge in [0.1, 0.15) is 11.1 Å². The second kappa shape index (κ2) is 5.74. The third-order valence-corrected chi connectivity index (χ3v) is 3.43. The first kappa shape index (κ1) is 15.3. The number of furan rings is 1. The van der Waals surface area contributed by atoms with Gasteiger partial charge in [-0.05, 0) is 6.07 Å². The summed E-state index contributed by atoms with van der Waals surface area (Å²) in [7, 11) is -2.06. The van der Waals surface area contributed by atoms with Crippen LogP contribution in [0.15, 0.2) is 28.7 Å². The van der Waals surface area contributed by atoms with E-state index in [2.05, 4.69) is 4.72 Å². The first-order valence-electron chi connectivity index (χ1n) is 6.19. The van der Waals surface area contributed by atoms with Gasteiger partial charge in [0.25, 0.3) is 5.91 Å². The van der Waals surface area contributed by atoms with Gasteiger partial charge in [-0.2, -0.15) is 0 Å². The predicted octanol–water partition coefficient (Wildman–Crippen LogP) is 0.869. The number of hydrogen-bond donors (Lipinski definition) is 2. The van der Waals surface area contributed by atoms with Crippen LogP contribution < -0.4 is 4.72 Å². The zero-order chi connectivity index (χ0) is 15.6. The Hall–Kier alpha value is -2.06. The molecule has 0 bridgehead atoms. The number of fused-ring (bicyclic) bond motifs is 1. The summed E-state index contributed by atoms with van der Waals surface area (Å²) in [6.07, 6.45) is 0.978. The number of likely N-dealkylation sites (N-methyl/N-ethyl adjacent to an activating group) is 1. The predicted molar refractivity (Wildman–Crippen MR) is 78.7 cm³/mol. The number of rotatable bonds is 5. The van der Waals surface area contributed by atoms with Crippen LogP contribution in [0.3, 0.4) is 0 Å². The molecular formula is C13H16N2O5S. The van der Waals surface area contributed by atoms with Crippen molar-refractivity contribution in [1.29, 1.82) is 0 Å². The summed E-state index contributed by atoms with van der Waals surface area (Å²) in [6, 6.07) is 6.77. The van der Waals surface area contributed by atoms with Crippen LogP contribution in [-0.2, 0) is 10.0 Å². The Labute approximate surface area is 122 Å². The molecular weight excluding hydrogens is 296 g/mol. The fourth-order valence-electron chi connectivity index (χ4n) is 1.94. The lowest BCUT2D eigenvalue weighted by Gasteiger charge is -2.15. The minimum Gasteiger partial charge on any atom is -0.439 e. The molecule has 8 heteroatoms. The van der Waals surface area contributed by atoms with Crippen LogP contribution in [0, 0.1) is 0 Å². The quantitative estimate of drug-likeness (QED) is 0.853. The number of nitrogens with one attached hydrogen (secondary N) is 1. The highest BCUT2D eigenvalue weighted by molar-refractivity contribution is 7.92. The largest absolute Gasteiger partial charge is 0.439 e. The molecule has 0 unspecified atom stereocenters. The minimum absolute atomic E-state index is 0.117. The standard InChI is InChI=1S/C13H16N2O5S/c1-15(7-8-16)13(17)11-9-5-3-4-6-10(9)20-12(11)14-21(2,18)19/h3-6,14,16H,7-8H2,1-2H3. The Balaban J connectivity index is 2.57. The van der Waals surface area contributed by atoms with Crippen molar-refractivity contribution >= 4 is 32.8 Å². The van der Waals surface area contributed by atoms with Crippen LogP contribution in [0.2, 0.25) is 0 Å². The molecule has 7 nitrogen and oxygen atoms in total. The van der Waals surface area contributed by atoms with Gasteiger partial charge in [-0.1, -0.05) is 18.2 Å². The minimum atomic E-state index is -3.58. The Morgan fingerprint density at radius 2 is 2.05 bits per heavy atom. The van der Waals surface area contributed by atoms with Crippen molar-refractivity contribution in [2.45, 2.75) is 0 Å². The van der Waals surface area contributed by atoms with Gasteiger partial charge in [-0.15, -0.1) is 0 Å². The summed E-state index contributed by atoms with van der Waals surface area (Å²) in [6.45, 7) is -0.0521. The molecule has 21 heavy (non-hydrogen) atoms. The monoisotopic (exact) mass is 312 g/mol. The van der Waals surface area contributed by atoms with E-state index in [1.165, 1.54) is 11.9 Å². The molecule has 0 aliphatic rings. The molecule has 0 radical (unpaired) electrons. The average Bonchev–Trinajstić information content (AvgIpc) is 2.73. The van der Waals surface area contributed by atoms with Crippen LogP contribution in [0.1, 0.15) is 10.4 Å². The highest BCUT2D eigenvalue weighted by Crippen LogP contribution is 2.31. The van der Waals surface area contributed by atoms with Crippen molar-refractivity contribution in [3.63, 3.8) is 0 Å². The molecule has 0 fully saturated rings. The molecule has 0 aliphatic heterocycles. The molecule has 1 aromatic carbocycles. The molecule has 1 amide bonds. The summed E-state index contributed by atoms with van der Waals surface area (Å²) in [5.74, 6) is -0.548. The Bertz CT molecular complexity index is 766. The van der Waals surface area contributed by atoms with Gasteiger partial charge in [0.15, 0.2) is 0 Å². The molecule has 1 heterocycles. The highest BCUT2D eigenvalue weighted by Gasteiger charge is 2.25. The summed E-state index contributed by atoms with van der Waals surface area (Å²) >= 11 is 0. The lowest BCUT2D eigenvalue weighted by atomic mass is 10.1. The maximum absolute atomic E-state index is 12.4. The van der Waals surface area contributed by atoms with E-state index in [1.54, 1.807) is 24.3 Å². The lowest BCUT2D eigenvalue weighted by molar-refractivity contribution is 0.0769. The molecule has 0 aliphatic carbocycles. The van der Waals surface area contributed by atoms with Crippen LogP contribution in [0.4, 0.5) is 5.88 Å². The number of benzene rings is 1. The number of sulfonamides is 1. The molecule has 0 saturated carbocycles. The Morgan fingerprint density at radius 3 is 2.67 bits per heavy atom. The van der Waals surface area contributed by atoms with Crippen molar-refractivity contribution in [2.75, 3.05) is 31.2 Å². The summed E-state index contributed by atoms with van der Waals surface area (Å²) in [4.78, 5) is 13.7. The van der Waals surface area contributed by atoms with E-state index in [4.69, 9.17) is 9.52 Å². The van der Waals surface area contributed by atoms with Crippen LogP contribution >= 0.6 is 0 Å².